The molecule has 0 bridgehead atoms. The smallest absolute Gasteiger partial charge is 0.213 e. The lowest BCUT2D eigenvalue weighted by molar-refractivity contribution is -0.283. The van der Waals surface area contributed by atoms with Crippen LogP contribution < -0.4 is 4.74 Å². The van der Waals surface area contributed by atoms with Crippen LogP contribution in [-0.2, 0) is 21.8 Å². The summed E-state index contributed by atoms with van der Waals surface area (Å²) in [5, 5.41) is 0. The van der Waals surface area contributed by atoms with Gasteiger partial charge in [0.15, 0.2) is 0 Å². The van der Waals surface area contributed by atoms with Gasteiger partial charge in [-0.3, -0.25) is 0 Å². The van der Waals surface area contributed by atoms with Crippen LogP contribution in [0.25, 0.3) is 11.1 Å². The number of hydrogen-bond acceptors (Lipinski definition) is 4. The van der Waals surface area contributed by atoms with Crippen molar-refractivity contribution in [1.29, 1.82) is 0 Å². The molecule has 3 aromatic rings. The van der Waals surface area contributed by atoms with Crippen molar-refractivity contribution in [3.63, 3.8) is 0 Å². The van der Waals surface area contributed by atoms with E-state index in [0.29, 0.717) is 19.8 Å². The minimum absolute atomic E-state index is 0.578. The third-order valence-corrected chi connectivity index (χ3v) is 4.98. The molecule has 0 amide bonds. The summed E-state index contributed by atoms with van der Waals surface area (Å²) >= 11 is 0. The molecule has 1 saturated heterocycles. The molecule has 2 heterocycles. The molecular formula is C22H24N2O3. The Hall–Kier alpha value is -2.63. The first-order valence-corrected chi connectivity index (χ1v) is 9.19. The molecule has 0 spiro atoms. The number of hydrogen-bond donors (Lipinski definition) is 0. The predicted octanol–water partition coefficient (Wildman–Crippen LogP) is 4.16. The van der Waals surface area contributed by atoms with Gasteiger partial charge in [-0.1, -0.05) is 30.3 Å². The van der Waals surface area contributed by atoms with Crippen molar-refractivity contribution in [2.75, 3.05) is 20.3 Å². The molecule has 27 heavy (non-hydrogen) atoms. The summed E-state index contributed by atoms with van der Waals surface area (Å²) in [6.07, 6.45) is 6.41. The first-order valence-electron chi connectivity index (χ1n) is 9.19. The van der Waals surface area contributed by atoms with Crippen LogP contribution in [0.15, 0.2) is 61.2 Å². The predicted molar refractivity (Wildman–Crippen MR) is 104 cm³/mol. The summed E-state index contributed by atoms with van der Waals surface area (Å²) in [4.78, 5) is 4.14. The highest BCUT2D eigenvalue weighted by molar-refractivity contribution is 5.68. The van der Waals surface area contributed by atoms with E-state index in [1.54, 1.807) is 19.6 Å². The number of imidazole rings is 1. The highest BCUT2D eigenvalue weighted by Gasteiger charge is 2.37. The van der Waals surface area contributed by atoms with E-state index in [2.05, 4.69) is 42.2 Å². The van der Waals surface area contributed by atoms with Gasteiger partial charge in [0, 0.05) is 18.0 Å². The standard InChI is InChI=1S/C22H24N2O3/c1-17-14-19(6-9-21(17)18-4-7-20(25-2)8-5-18)22(26-12-3-13-27-22)15-24-11-10-23-16-24/h4-11,14,16H,3,12-13,15H2,1-2H3. The van der Waals surface area contributed by atoms with Crippen LogP contribution in [0.2, 0.25) is 0 Å². The van der Waals surface area contributed by atoms with E-state index in [-0.39, 0.29) is 0 Å². The summed E-state index contributed by atoms with van der Waals surface area (Å²) in [5.74, 6) is 0.0821. The number of rotatable bonds is 5. The Kier molecular flexibility index (Phi) is 4.97. The van der Waals surface area contributed by atoms with Gasteiger partial charge in [0.1, 0.15) is 5.75 Å². The summed E-state index contributed by atoms with van der Waals surface area (Å²) < 4.78 is 19.6. The monoisotopic (exact) mass is 364 g/mol. The average molecular weight is 364 g/mol. The molecule has 0 N–H and O–H groups in total. The maximum absolute atomic E-state index is 6.17. The fourth-order valence-electron chi connectivity index (χ4n) is 3.54. The van der Waals surface area contributed by atoms with Gasteiger partial charge in [-0.15, -0.1) is 0 Å². The van der Waals surface area contributed by atoms with Gasteiger partial charge in [0.05, 0.1) is 33.2 Å². The molecule has 0 atom stereocenters. The van der Waals surface area contributed by atoms with E-state index in [9.17, 15) is 0 Å². The van der Waals surface area contributed by atoms with Crippen molar-refractivity contribution in [3.8, 4) is 16.9 Å². The fourth-order valence-corrected chi connectivity index (χ4v) is 3.54. The third-order valence-electron chi connectivity index (χ3n) is 4.98. The molecule has 5 nitrogen and oxygen atoms in total. The van der Waals surface area contributed by atoms with E-state index in [0.717, 1.165) is 23.3 Å². The van der Waals surface area contributed by atoms with E-state index in [1.165, 1.54) is 11.1 Å². The molecule has 5 heteroatoms. The second-order valence-electron chi connectivity index (χ2n) is 6.80. The van der Waals surface area contributed by atoms with Gasteiger partial charge in [0.25, 0.3) is 0 Å². The SMILES string of the molecule is COc1ccc(-c2ccc(C3(Cn4ccnc4)OCCCO3)cc2C)cc1. The second kappa shape index (κ2) is 7.55. The zero-order chi connectivity index (χ0) is 18.7. The Morgan fingerprint density at radius 3 is 2.52 bits per heavy atom. The number of ether oxygens (including phenoxy) is 3. The van der Waals surface area contributed by atoms with Crippen molar-refractivity contribution < 1.29 is 14.2 Å². The molecule has 0 radical (unpaired) electrons. The van der Waals surface area contributed by atoms with E-state index in [1.807, 2.05) is 22.9 Å². The number of aromatic nitrogens is 2. The maximum atomic E-state index is 6.17. The summed E-state index contributed by atoms with van der Waals surface area (Å²) in [7, 11) is 1.68. The Bertz CT molecular complexity index is 882. The molecule has 0 aliphatic carbocycles. The lowest BCUT2D eigenvalue weighted by Crippen LogP contribution is -2.41. The molecular weight excluding hydrogens is 340 g/mol. The topological polar surface area (TPSA) is 45.5 Å². The quantitative estimate of drug-likeness (QED) is 0.682. The van der Waals surface area contributed by atoms with E-state index >= 15 is 0 Å². The van der Waals surface area contributed by atoms with Crippen LogP contribution in [0.3, 0.4) is 0 Å². The Morgan fingerprint density at radius 1 is 1.11 bits per heavy atom. The van der Waals surface area contributed by atoms with Gasteiger partial charge in [-0.05, 0) is 42.2 Å². The summed E-state index contributed by atoms with van der Waals surface area (Å²) in [6, 6.07) is 14.5. The normalized spacial score (nSPS) is 16.2. The number of nitrogens with zero attached hydrogens (tertiary/aromatic N) is 2. The Balaban J connectivity index is 1.68. The molecule has 140 valence electrons. The van der Waals surface area contributed by atoms with Gasteiger partial charge in [-0.25, -0.2) is 4.98 Å². The molecule has 2 aromatic carbocycles. The van der Waals surface area contributed by atoms with Crippen LogP contribution >= 0.6 is 0 Å². The first kappa shape index (κ1) is 17.8. The van der Waals surface area contributed by atoms with Crippen molar-refractivity contribution in [3.05, 3.63) is 72.3 Å². The third kappa shape index (κ3) is 3.61. The van der Waals surface area contributed by atoms with E-state index in [4.69, 9.17) is 14.2 Å². The Labute approximate surface area is 159 Å². The van der Waals surface area contributed by atoms with Crippen LogP contribution in [0.5, 0.6) is 5.75 Å². The first-order chi connectivity index (χ1) is 13.2. The molecule has 0 unspecified atom stereocenters. The zero-order valence-electron chi connectivity index (χ0n) is 15.7. The molecule has 0 saturated carbocycles. The van der Waals surface area contributed by atoms with Crippen LogP contribution in [0.1, 0.15) is 17.5 Å². The summed E-state index contributed by atoms with van der Waals surface area (Å²) in [5.41, 5.74) is 4.56. The van der Waals surface area contributed by atoms with Gasteiger partial charge < -0.3 is 18.8 Å². The minimum atomic E-state index is -0.776. The van der Waals surface area contributed by atoms with Crippen molar-refractivity contribution >= 4 is 0 Å². The highest BCUT2D eigenvalue weighted by Crippen LogP contribution is 2.35. The Morgan fingerprint density at radius 2 is 1.89 bits per heavy atom. The number of benzene rings is 2. The van der Waals surface area contributed by atoms with Gasteiger partial charge >= 0.3 is 0 Å². The molecule has 1 aliphatic heterocycles. The fraction of sp³-hybridized carbons (Fsp3) is 0.318. The molecule has 1 fully saturated rings. The number of methoxy groups -OCH3 is 1. The second-order valence-corrected chi connectivity index (χ2v) is 6.80. The van der Waals surface area contributed by atoms with Gasteiger partial charge in [0.2, 0.25) is 5.79 Å². The lowest BCUT2D eigenvalue weighted by atomic mass is 9.95. The van der Waals surface area contributed by atoms with E-state index < -0.39 is 5.79 Å². The van der Waals surface area contributed by atoms with Crippen LogP contribution in [-0.4, -0.2) is 29.9 Å². The highest BCUT2D eigenvalue weighted by atomic mass is 16.7. The van der Waals surface area contributed by atoms with Crippen LogP contribution in [0.4, 0.5) is 0 Å². The summed E-state index contributed by atoms with van der Waals surface area (Å²) in [6.45, 7) is 4.08. The van der Waals surface area contributed by atoms with Gasteiger partial charge in [-0.2, -0.15) is 0 Å². The molecule has 1 aromatic heterocycles. The van der Waals surface area contributed by atoms with Crippen molar-refractivity contribution in [1.82, 2.24) is 9.55 Å². The zero-order valence-corrected chi connectivity index (χ0v) is 15.7. The lowest BCUT2D eigenvalue weighted by Gasteiger charge is -2.38. The van der Waals surface area contributed by atoms with Crippen LogP contribution in [0, 0.1) is 6.92 Å². The van der Waals surface area contributed by atoms with Crippen molar-refractivity contribution in [2.24, 2.45) is 0 Å². The van der Waals surface area contributed by atoms with Crippen molar-refractivity contribution in [2.45, 2.75) is 25.7 Å². The maximum Gasteiger partial charge on any atom is 0.213 e. The molecule has 1 aliphatic rings. The minimum Gasteiger partial charge on any atom is -0.497 e. The average Bonchev–Trinajstić information content (AvgIpc) is 3.21. The molecule has 4 rings (SSSR count). The number of aryl methyl sites for hydroxylation is 1. The largest absolute Gasteiger partial charge is 0.497 e.